The molecule has 2 aromatic carbocycles. The van der Waals surface area contributed by atoms with Gasteiger partial charge in [-0.2, -0.15) is 0 Å². The molecule has 0 radical (unpaired) electrons. The summed E-state index contributed by atoms with van der Waals surface area (Å²) >= 11 is 0. The summed E-state index contributed by atoms with van der Waals surface area (Å²) in [7, 11) is 0. The highest BCUT2D eigenvalue weighted by Gasteiger charge is 2.45. The van der Waals surface area contributed by atoms with Crippen LogP contribution in [0.3, 0.4) is 0 Å². The predicted octanol–water partition coefficient (Wildman–Crippen LogP) is 8.76. The van der Waals surface area contributed by atoms with Crippen LogP contribution in [0.2, 0.25) is 0 Å². The van der Waals surface area contributed by atoms with Crippen molar-refractivity contribution in [2.45, 2.75) is 136 Å². The molecule has 4 rings (SSSR count). The maximum atomic E-state index is 6.91. The SMILES string of the molecule is CC(C)(C)c1c(OCC2CO2)c(C(C)(C)C)c(C(C)(C)C)c(C(C)(C)c2ccc(OCC3CO3)cc2)c1C(C)(C)C. The first-order valence-corrected chi connectivity index (χ1v) is 15.5. The van der Waals surface area contributed by atoms with Crippen molar-refractivity contribution in [2.75, 3.05) is 26.4 Å². The van der Waals surface area contributed by atoms with E-state index in [9.17, 15) is 0 Å². The van der Waals surface area contributed by atoms with Crippen molar-refractivity contribution < 1.29 is 18.9 Å². The van der Waals surface area contributed by atoms with Gasteiger partial charge in [0.25, 0.3) is 0 Å². The van der Waals surface area contributed by atoms with E-state index in [0.717, 1.165) is 24.7 Å². The molecule has 2 heterocycles. The topological polar surface area (TPSA) is 43.5 Å². The Balaban J connectivity index is 2.08. The van der Waals surface area contributed by atoms with E-state index in [1.165, 1.54) is 33.4 Å². The van der Waals surface area contributed by atoms with Crippen LogP contribution in [-0.4, -0.2) is 38.6 Å². The van der Waals surface area contributed by atoms with Crippen LogP contribution >= 0.6 is 0 Å². The average Bonchev–Trinajstić information content (AvgIpc) is 3.72. The molecule has 2 aromatic rings. The molecule has 0 aromatic heterocycles. The number of ether oxygens (including phenoxy) is 4. The number of hydrogen-bond acceptors (Lipinski definition) is 4. The molecule has 0 N–H and O–H groups in total. The van der Waals surface area contributed by atoms with Gasteiger partial charge in [-0.25, -0.2) is 0 Å². The molecule has 0 bridgehead atoms. The lowest BCUT2D eigenvalue weighted by molar-refractivity contribution is 0.250. The average molecular weight is 565 g/mol. The second kappa shape index (κ2) is 10.6. The molecule has 4 nitrogen and oxygen atoms in total. The first-order chi connectivity index (χ1) is 18.6. The molecular weight excluding hydrogens is 508 g/mol. The number of benzene rings is 2. The highest BCUT2D eigenvalue weighted by molar-refractivity contribution is 5.67. The Morgan fingerprint density at radius 3 is 1.24 bits per heavy atom. The van der Waals surface area contributed by atoms with Crippen LogP contribution in [0, 0.1) is 0 Å². The van der Waals surface area contributed by atoms with Crippen LogP contribution in [0.25, 0.3) is 0 Å². The summed E-state index contributed by atoms with van der Waals surface area (Å²) in [5.74, 6) is 1.96. The summed E-state index contributed by atoms with van der Waals surface area (Å²) in [5.41, 5.74) is 7.41. The zero-order valence-corrected chi connectivity index (χ0v) is 28.4. The van der Waals surface area contributed by atoms with Crippen molar-refractivity contribution in [2.24, 2.45) is 0 Å². The molecule has 0 saturated carbocycles. The summed E-state index contributed by atoms with van der Waals surface area (Å²) in [4.78, 5) is 0. The van der Waals surface area contributed by atoms with Gasteiger partial charge in [-0.05, 0) is 56.0 Å². The fraction of sp³-hybridized carbons (Fsp3) is 0.676. The Hall–Kier alpha value is -2.04. The van der Waals surface area contributed by atoms with E-state index in [4.69, 9.17) is 18.9 Å². The van der Waals surface area contributed by atoms with Crippen molar-refractivity contribution >= 4 is 0 Å². The van der Waals surface area contributed by atoms with Gasteiger partial charge >= 0.3 is 0 Å². The third-order valence-electron chi connectivity index (χ3n) is 8.31. The molecule has 0 aliphatic carbocycles. The van der Waals surface area contributed by atoms with E-state index in [-0.39, 0.29) is 39.3 Å². The molecule has 0 spiro atoms. The molecule has 2 aliphatic heterocycles. The predicted molar refractivity (Wildman–Crippen MR) is 170 cm³/mol. The number of rotatable bonds is 8. The van der Waals surface area contributed by atoms with E-state index in [0.29, 0.717) is 13.2 Å². The quantitative estimate of drug-likeness (QED) is 0.301. The minimum Gasteiger partial charge on any atom is -0.491 e. The summed E-state index contributed by atoms with van der Waals surface area (Å²) in [5, 5.41) is 0. The van der Waals surface area contributed by atoms with Gasteiger partial charge in [-0.15, -0.1) is 0 Å². The van der Waals surface area contributed by atoms with Gasteiger partial charge in [-0.3, -0.25) is 0 Å². The van der Waals surface area contributed by atoms with E-state index >= 15 is 0 Å². The van der Waals surface area contributed by atoms with Gasteiger partial charge in [0.1, 0.15) is 36.9 Å². The van der Waals surface area contributed by atoms with Crippen LogP contribution in [-0.2, 0) is 36.5 Å². The van der Waals surface area contributed by atoms with Gasteiger partial charge in [0.05, 0.1) is 13.2 Å². The first kappa shape index (κ1) is 31.9. The van der Waals surface area contributed by atoms with Crippen LogP contribution in [0.5, 0.6) is 11.5 Å². The molecule has 41 heavy (non-hydrogen) atoms. The fourth-order valence-electron chi connectivity index (χ4n) is 6.23. The summed E-state index contributed by atoms with van der Waals surface area (Å²) in [6.07, 6.45) is 0.434. The maximum absolute atomic E-state index is 6.91. The molecule has 2 saturated heterocycles. The Morgan fingerprint density at radius 1 is 0.537 bits per heavy atom. The molecule has 2 fully saturated rings. The zero-order valence-electron chi connectivity index (χ0n) is 28.4. The van der Waals surface area contributed by atoms with Crippen molar-refractivity contribution in [3.63, 3.8) is 0 Å². The number of epoxide rings is 2. The van der Waals surface area contributed by atoms with Gasteiger partial charge in [-0.1, -0.05) is 109 Å². The van der Waals surface area contributed by atoms with E-state index in [2.05, 4.69) is 121 Å². The summed E-state index contributed by atoms with van der Waals surface area (Å²) in [6, 6.07) is 8.75. The van der Waals surface area contributed by atoms with Crippen molar-refractivity contribution in [3.05, 3.63) is 57.6 Å². The van der Waals surface area contributed by atoms with E-state index in [1.807, 2.05) is 0 Å². The van der Waals surface area contributed by atoms with Crippen LogP contribution in [0.15, 0.2) is 24.3 Å². The maximum Gasteiger partial charge on any atom is 0.127 e. The van der Waals surface area contributed by atoms with Crippen LogP contribution < -0.4 is 9.47 Å². The molecule has 2 unspecified atom stereocenters. The molecule has 2 aliphatic rings. The minimum atomic E-state index is -0.276. The van der Waals surface area contributed by atoms with E-state index < -0.39 is 0 Å². The zero-order chi connectivity index (χ0) is 30.8. The Bertz CT molecular complexity index is 1180. The van der Waals surface area contributed by atoms with Gasteiger partial charge in [0, 0.05) is 16.5 Å². The Morgan fingerprint density at radius 2 is 0.902 bits per heavy atom. The van der Waals surface area contributed by atoms with E-state index in [1.54, 1.807) is 0 Å². The number of hydrogen-bond donors (Lipinski definition) is 0. The van der Waals surface area contributed by atoms with Gasteiger partial charge in [0.2, 0.25) is 0 Å². The molecule has 4 heteroatoms. The highest BCUT2D eigenvalue weighted by atomic mass is 16.6. The summed E-state index contributed by atoms with van der Waals surface area (Å²) < 4.78 is 23.9. The largest absolute Gasteiger partial charge is 0.491 e. The highest BCUT2D eigenvalue weighted by Crippen LogP contribution is 2.55. The third-order valence-corrected chi connectivity index (χ3v) is 8.31. The Labute approximate surface area is 250 Å². The van der Waals surface area contributed by atoms with Gasteiger partial charge < -0.3 is 18.9 Å². The second-order valence-electron chi connectivity index (χ2n) is 16.9. The first-order valence-electron chi connectivity index (χ1n) is 15.5. The van der Waals surface area contributed by atoms with Gasteiger partial charge in [0.15, 0.2) is 0 Å². The fourth-order valence-corrected chi connectivity index (χ4v) is 6.23. The molecule has 2 atom stereocenters. The third kappa shape index (κ3) is 6.96. The van der Waals surface area contributed by atoms with Crippen LogP contribution in [0.4, 0.5) is 0 Å². The monoisotopic (exact) mass is 564 g/mol. The second-order valence-corrected chi connectivity index (χ2v) is 16.9. The smallest absolute Gasteiger partial charge is 0.127 e. The van der Waals surface area contributed by atoms with Crippen molar-refractivity contribution in [1.29, 1.82) is 0 Å². The molecule has 0 amide bonds. The molecule has 228 valence electrons. The minimum absolute atomic E-state index is 0.118. The lowest BCUT2D eigenvalue weighted by Crippen LogP contribution is -2.37. The normalized spacial score (nSPS) is 19.8. The molecular formula is C37H56O4. The van der Waals surface area contributed by atoms with Crippen molar-refractivity contribution in [3.8, 4) is 11.5 Å². The summed E-state index contributed by atoms with van der Waals surface area (Å²) in [6.45, 7) is 35.8. The van der Waals surface area contributed by atoms with Crippen LogP contribution in [0.1, 0.15) is 130 Å². The Kier molecular flexibility index (Phi) is 8.24. The standard InChI is InChI=1S/C37H56O4/c1-33(2,3)27-29(37(13,14)23-15-17-24(18-16-23)38-19-25-20-39-25)28(34(4,5)6)31(36(10,11)12)32(30(27)35(7,8)9)41-22-26-21-40-26/h15-18,25-26H,19-22H2,1-14H3. The lowest BCUT2D eigenvalue weighted by Gasteiger charge is -2.46. The lowest BCUT2D eigenvalue weighted by atomic mass is 9.59. The van der Waals surface area contributed by atoms with Crippen molar-refractivity contribution in [1.82, 2.24) is 0 Å².